The molecule has 3 rings (SSSR count). The molecule has 0 spiro atoms. The van der Waals surface area contributed by atoms with Gasteiger partial charge in [0.05, 0.1) is 19.8 Å². The number of methoxy groups -OCH3 is 1. The first-order chi connectivity index (χ1) is 14.4. The lowest BCUT2D eigenvalue weighted by Gasteiger charge is -2.43. The van der Waals surface area contributed by atoms with Crippen molar-refractivity contribution in [3.63, 3.8) is 0 Å². The molecule has 0 saturated carbocycles. The molecule has 0 fully saturated rings. The van der Waals surface area contributed by atoms with E-state index in [9.17, 15) is 27.8 Å². The number of hydrogen-bond acceptors (Lipinski definition) is 4. The molecule has 170 valence electrons. The van der Waals surface area contributed by atoms with Crippen LogP contribution in [0.3, 0.4) is 0 Å². The number of anilines is 1. The average Bonchev–Trinajstić information content (AvgIpc) is 2.69. The summed E-state index contributed by atoms with van der Waals surface area (Å²) in [7, 11) is 1.36. The van der Waals surface area contributed by atoms with Gasteiger partial charge >= 0.3 is 6.18 Å². The van der Waals surface area contributed by atoms with Gasteiger partial charge < -0.3 is 19.8 Å². The molecule has 2 aromatic rings. The number of hydrogen-bond donors (Lipinski definition) is 2. The van der Waals surface area contributed by atoms with Crippen molar-refractivity contribution in [2.75, 3.05) is 25.1 Å². The standard InChI is InChI=1S/C23H27F4NO3/c1-21(2,17-12-15(24)8-9-20(17)31-3)13-22(30,23(25,26)27)14-28-11-10-19(29)16-6-4-5-7-18(16)28/h4-9,12,19,29-30H,10-11,13-14H2,1-3H3. The molecule has 2 atom stereocenters. The minimum Gasteiger partial charge on any atom is -0.496 e. The van der Waals surface area contributed by atoms with Crippen LogP contribution in [-0.2, 0) is 5.41 Å². The van der Waals surface area contributed by atoms with Gasteiger partial charge in [-0.2, -0.15) is 13.2 Å². The van der Waals surface area contributed by atoms with Crippen LogP contribution < -0.4 is 9.64 Å². The Hall–Kier alpha value is -2.32. The summed E-state index contributed by atoms with van der Waals surface area (Å²) < 4.78 is 61.7. The van der Waals surface area contributed by atoms with Crippen molar-refractivity contribution in [3.05, 3.63) is 59.4 Å². The van der Waals surface area contributed by atoms with E-state index in [0.29, 0.717) is 11.3 Å². The van der Waals surface area contributed by atoms with Crippen molar-refractivity contribution >= 4 is 5.69 Å². The molecular formula is C23H27F4NO3. The maximum absolute atomic E-state index is 14.2. The number of fused-ring (bicyclic) bond motifs is 1. The van der Waals surface area contributed by atoms with Gasteiger partial charge in [0, 0.05) is 23.4 Å². The van der Waals surface area contributed by atoms with Gasteiger partial charge in [-0.3, -0.25) is 0 Å². The van der Waals surface area contributed by atoms with Gasteiger partial charge in [0.25, 0.3) is 0 Å². The van der Waals surface area contributed by atoms with Crippen LogP contribution in [0.5, 0.6) is 5.75 Å². The lowest BCUT2D eigenvalue weighted by atomic mass is 9.74. The fourth-order valence-corrected chi connectivity index (χ4v) is 4.37. The smallest absolute Gasteiger partial charge is 0.418 e. The van der Waals surface area contributed by atoms with Gasteiger partial charge in [-0.15, -0.1) is 0 Å². The zero-order valence-corrected chi connectivity index (χ0v) is 17.7. The zero-order chi connectivity index (χ0) is 23.0. The monoisotopic (exact) mass is 441 g/mol. The van der Waals surface area contributed by atoms with Crippen LogP contribution >= 0.6 is 0 Å². The summed E-state index contributed by atoms with van der Waals surface area (Å²) >= 11 is 0. The Labute approximate surface area is 179 Å². The molecule has 4 nitrogen and oxygen atoms in total. The maximum Gasteiger partial charge on any atom is 0.418 e. The van der Waals surface area contributed by atoms with E-state index in [2.05, 4.69) is 0 Å². The largest absolute Gasteiger partial charge is 0.496 e. The molecule has 0 aromatic heterocycles. The molecule has 0 radical (unpaired) electrons. The number of benzene rings is 2. The van der Waals surface area contributed by atoms with Crippen molar-refractivity contribution < 1.29 is 32.5 Å². The van der Waals surface area contributed by atoms with Crippen LogP contribution in [-0.4, -0.2) is 42.2 Å². The molecule has 1 heterocycles. The van der Waals surface area contributed by atoms with Crippen molar-refractivity contribution in [2.24, 2.45) is 0 Å². The molecule has 2 unspecified atom stereocenters. The number of aliphatic hydroxyl groups excluding tert-OH is 1. The predicted molar refractivity (Wildman–Crippen MR) is 110 cm³/mol. The van der Waals surface area contributed by atoms with Crippen LogP contribution in [0.15, 0.2) is 42.5 Å². The Balaban J connectivity index is 1.97. The summed E-state index contributed by atoms with van der Waals surface area (Å²) in [6.45, 7) is 2.51. The van der Waals surface area contributed by atoms with Gasteiger partial charge in [-0.05, 0) is 42.5 Å². The normalized spacial score (nSPS) is 19.0. The number of ether oxygens (including phenoxy) is 1. The van der Waals surface area contributed by atoms with E-state index < -0.39 is 42.1 Å². The fourth-order valence-electron chi connectivity index (χ4n) is 4.37. The second kappa shape index (κ2) is 8.31. The molecule has 0 bridgehead atoms. The molecule has 1 aliphatic heterocycles. The topological polar surface area (TPSA) is 52.9 Å². The molecule has 31 heavy (non-hydrogen) atoms. The van der Waals surface area contributed by atoms with Crippen molar-refractivity contribution in [1.82, 2.24) is 0 Å². The van der Waals surface area contributed by atoms with E-state index in [1.807, 2.05) is 0 Å². The number of nitrogens with zero attached hydrogens (tertiary/aromatic N) is 1. The molecule has 1 aliphatic rings. The second-order valence-electron chi connectivity index (χ2n) is 8.72. The van der Waals surface area contributed by atoms with E-state index in [1.165, 1.54) is 38.0 Å². The average molecular weight is 441 g/mol. The van der Waals surface area contributed by atoms with E-state index in [1.54, 1.807) is 24.3 Å². The van der Waals surface area contributed by atoms with E-state index in [0.717, 1.165) is 6.07 Å². The fraction of sp³-hybridized carbons (Fsp3) is 0.478. The highest BCUT2D eigenvalue weighted by atomic mass is 19.4. The number of β-amino-alcohol motifs (C(OH)–C–C–N with tert-alkyl or cyclic N) is 1. The van der Waals surface area contributed by atoms with Crippen molar-refractivity contribution in [3.8, 4) is 5.75 Å². The first-order valence-electron chi connectivity index (χ1n) is 10.0. The third kappa shape index (κ3) is 4.65. The highest BCUT2D eigenvalue weighted by molar-refractivity contribution is 5.57. The molecule has 2 N–H and O–H groups in total. The summed E-state index contributed by atoms with van der Waals surface area (Å²) in [5, 5.41) is 21.2. The van der Waals surface area contributed by atoms with Gasteiger partial charge in [0.2, 0.25) is 0 Å². The number of rotatable bonds is 6. The van der Waals surface area contributed by atoms with Gasteiger partial charge in [0.15, 0.2) is 5.60 Å². The third-order valence-corrected chi connectivity index (χ3v) is 5.91. The molecule has 0 aliphatic carbocycles. The molecule has 0 saturated heterocycles. The van der Waals surface area contributed by atoms with E-state index in [-0.39, 0.29) is 24.3 Å². The third-order valence-electron chi connectivity index (χ3n) is 5.91. The highest BCUT2D eigenvalue weighted by Crippen LogP contribution is 2.45. The summed E-state index contributed by atoms with van der Waals surface area (Å²) in [6, 6.07) is 10.4. The van der Waals surface area contributed by atoms with Crippen molar-refractivity contribution in [1.29, 1.82) is 0 Å². The summed E-state index contributed by atoms with van der Waals surface area (Å²) in [5.41, 5.74) is -3.10. The SMILES string of the molecule is COc1ccc(F)cc1C(C)(C)CC(O)(CN1CCC(O)c2ccccc21)C(F)(F)F. The van der Waals surface area contributed by atoms with Crippen molar-refractivity contribution in [2.45, 2.75) is 50.0 Å². The van der Waals surface area contributed by atoms with Crippen LogP contribution in [0.4, 0.5) is 23.2 Å². The Morgan fingerprint density at radius 2 is 1.81 bits per heavy atom. The second-order valence-corrected chi connectivity index (χ2v) is 8.72. The Kier molecular flexibility index (Phi) is 6.26. The molecule has 2 aromatic carbocycles. The number of alkyl halides is 3. The minimum atomic E-state index is -4.93. The predicted octanol–water partition coefficient (Wildman–Crippen LogP) is 4.74. The number of para-hydroxylation sites is 1. The number of halogens is 4. The quantitative estimate of drug-likeness (QED) is 0.636. The lowest BCUT2D eigenvalue weighted by molar-refractivity contribution is -0.262. The molecule has 0 amide bonds. The zero-order valence-electron chi connectivity index (χ0n) is 17.7. The first kappa shape index (κ1) is 23.3. The molecule has 8 heteroatoms. The summed E-state index contributed by atoms with van der Waals surface area (Å²) in [4.78, 5) is 1.45. The maximum atomic E-state index is 14.2. The summed E-state index contributed by atoms with van der Waals surface area (Å²) in [6.07, 6.45) is -6.15. The first-order valence-corrected chi connectivity index (χ1v) is 10.0. The highest BCUT2D eigenvalue weighted by Gasteiger charge is 2.57. The Morgan fingerprint density at radius 1 is 1.13 bits per heavy atom. The van der Waals surface area contributed by atoms with E-state index in [4.69, 9.17) is 4.74 Å². The Bertz CT molecular complexity index is 931. The Morgan fingerprint density at radius 3 is 2.45 bits per heavy atom. The van der Waals surface area contributed by atoms with Crippen LogP contribution in [0, 0.1) is 5.82 Å². The minimum absolute atomic E-state index is 0.167. The van der Waals surface area contributed by atoms with Gasteiger partial charge in [-0.1, -0.05) is 32.0 Å². The lowest BCUT2D eigenvalue weighted by Crippen LogP contribution is -2.57. The molecular weight excluding hydrogens is 414 g/mol. The van der Waals surface area contributed by atoms with Crippen LogP contribution in [0.2, 0.25) is 0 Å². The van der Waals surface area contributed by atoms with Gasteiger partial charge in [-0.25, -0.2) is 4.39 Å². The van der Waals surface area contributed by atoms with Crippen LogP contribution in [0.25, 0.3) is 0 Å². The van der Waals surface area contributed by atoms with E-state index >= 15 is 0 Å². The summed E-state index contributed by atoms with van der Waals surface area (Å²) in [5.74, 6) is -0.347. The van der Waals surface area contributed by atoms with Gasteiger partial charge in [0.1, 0.15) is 11.6 Å². The van der Waals surface area contributed by atoms with Crippen LogP contribution in [0.1, 0.15) is 43.9 Å². The number of aliphatic hydroxyl groups is 2.